The molecule has 0 amide bonds. The summed E-state index contributed by atoms with van der Waals surface area (Å²) in [5.74, 6) is 0.272. The first-order valence-corrected chi connectivity index (χ1v) is 6.68. The Kier molecular flexibility index (Phi) is 7.87. The molecule has 0 aliphatic rings. The summed E-state index contributed by atoms with van der Waals surface area (Å²) in [6.07, 6.45) is -1.26. The lowest BCUT2D eigenvalue weighted by Crippen LogP contribution is -2.41. The molecule has 110 valence electrons. The van der Waals surface area contributed by atoms with Gasteiger partial charge in [-0.3, -0.25) is 4.90 Å². The topological polar surface area (TPSA) is 29.3 Å². The van der Waals surface area contributed by atoms with Gasteiger partial charge in [-0.2, -0.15) is 13.2 Å². The third kappa shape index (κ3) is 9.71. The molecule has 0 aromatic heterocycles. The lowest BCUT2D eigenvalue weighted by molar-refractivity contribution is -0.150. The smallest absolute Gasteiger partial charge is 0.328 e. The van der Waals surface area contributed by atoms with Crippen LogP contribution in [0.4, 0.5) is 13.2 Å². The molecule has 0 rings (SSSR count). The van der Waals surface area contributed by atoms with Gasteiger partial charge in [0, 0.05) is 18.6 Å². The molecule has 18 heavy (non-hydrogen) atoms. The fourth-order valence-corrected chi connectivity index (χ4v) is 1.97. The summed E-state index contributed by atoms with van der Waals surface area (Å²) >= 11 is 0. The van der Waals surface area contributed by atoms with E-state index in [2.05, 4.69) is 0 Å². The molecular formula is C13H27F3N2. The first-order valence-electron chi connectivity index (χ1n) is 6.68. The largest absolute Gasteiger partial charge is 0.401 e. The maximum absolute atomic E-state index is 12.4. The molecule has 0 aliphatic heterocycles. The molecule has 2 atom stereocenters. The van der Waals surface area contributed by atoms with Crippen molar-refractivity contribution in [2.45, 2.75) is 65.2 Å². The molecule has 2 unspecified atom stereocenters. The van der Waals surface area contributed by atoms with Crippen molar-refractivity contribution in [2.75, 3.05) is 13.1 Å². The maximum Gasteiger partial charge on any atom is 0.401 e. The maximum atomic E-state index is 12.4. The predicted octanol–water partition coefficient (Wildman–Crippen LogP) is 3.41. The van der Waals surface area contributed by atoms with Crippen LogP contribution in [0.5, 0.6) is 0 Å². The second-order valence-electron chi connectivity index (χ2n) is 5.65. The second-order valence-corrected chi connectivity index (χ2v) is 5.65. The highest BCUT2D eigenvalue weighted by atomic mass is 19.4. The molecule has 0 radical (unpaired) electrons. The average molecular weight is 268 g/mol. The van der Waals surface area contributed by atoms with Crippen molar-refractivity contribution in [2.24, 2.45) is 11.7 Å². The van der Waals surface area contributed by atoms with Crippen LogP contribution in [0, 0.1) is 5.92 Å². The molecule has 0 aromatic rings. The molecule has 0 heterocycles. The zero-order valence-electron chi connectivity index (χ0n) is 11.9. The van der Waals surface area contributed by atoms with E-state index < -0.39 is 12.7 Å². The Morgan fingerprint density at radius 3 is 2.00 bits per heavy atom. The summed E-state index contributed by atoms with van der Waals surface area (Å²) in [6.45, 7) is 7.25. The Hall–Kier alpha value is -0.290. The third-order valence-electron chi connectivity index (χ3n) is 3.02. The van der Waals surface area contributed by atoms with E-state index in [1.165, 1.54) is 4.90 Å². The third-order valence-corrected chi connectivity index (χ3v) is 3.02. The van der Waals surface area contributed by atoms with Crippen LogP contribution in [-0.4, -0.2) is 36.2 Å². The summed E-state index contributed by atoms with van der Waals surface area (Å²) in [5.41, 5.74) is 5.65. The fraction of sp³-hybridized carbons (Fsp3) is 1.00. The van der Waals surface area contributed by atoms with Crippen LogP contribution < -0.4 is 5.73 Å². The van der Waals surface area contributed by atoms with Gasteiger partial charge in [0.25, 0.3) is 0 Å². The number of halogens is 3. The van der Waals surface area contributed by atoms with Gasteiger partial charge in [0.2, 0.25) is 0 Å². The van der Waals surface area contributed by atoms with Gasteiger partial charge in [-0.05, 0) is 39.5 Å². The Morgan fingerprint density at radius 2 is 1.61 bits per heavy atom. The van der Waals surface area contributed by atoms with Gasteiger partial charge in [-0.15, -0.1) is 0 Å². The Morgan fingerprint density at radius 1 is 1.06 bits per heavy atom. The minimum absolute atomic E-state index is 0.0810. The van der Waals surface area contributed by atoms with Gasteiger partial charge in [-0.1, -0.05) is 13.3 Å². The molecule has 0 spiro atoms. The lowest BCUT2D eigenvalue weighted by Gasteiger charge is -2.30. The van der Waals surface area contributed by atoms with E-state index in [4.69, 9.17) is 5.73 Å². The number of hydrogen-bond acceptors (Lipinski definition) is 2. The van der Waals surface area contributed by atoms with E-state index in [1.54, 1.807) is 13.8 Å². The molecule has 2 N–H and O–H groups in total. The van der Waals surface area contributed by atoms with Crippen LogP contribution in [0.1, 0.15) is 47.0 Å². The van der Waals surface area contributed by atoms with E-state index in [0.717, 1.165) is 19.3 Å². The van der Waals surface area contributed by atoms with Gasteiger partial charge in [0.15, 0.2) is 0 Å². The summed E-state index contributed by atoms with van der Waals surface area (Å²) in [5, 5.41) is 0. The summed E-state index contributed by atoms with van der Waals surface area (Å²) in [6, 6.07) is 0.0936. The van der Waals surface area contributed by atoms with Crippen LogP contribution in [0.2, 0.25) is 0 Å². The van der Waals surface area contributed by atoms with Gasteiger partial charge >= 0.3 is 6.18 Å². The Labute approximate surface area is 109 Å². The number of nitrogens with zero attached hydrogens (tertiary/aromatic N) is 1. The zero-order chi connectivity index (χ0) is 14.3. The standard InChI is InChI=1S/C13H27F3N2/c1-10(2)18(9-13(14,15)16)8-11(3)6-5-7-12(4)17/h10-12H,5-9,17H2,1-4H3. The van der Waals surface area contributed by atoms with Crippen LogP contribution in [-0.2, 0) is 0 Å². The Balaban J connectivity index is 4.08. The highest BCUT2D eigenvalue weighted by molar-refractivity contribution is 4.70. The average Bonchev–Trinajstić information content (AvgIpc) is 2.13. The van der Waals surface area contributed by atoms with Crippen molar-refractivity contribution in [3.63, 3.8) is 0 Å². The van der Waals surface area contributed by atoms with E-state index in [-0.39, 0.29) is 18.0 Å². The molecule has 0 aliphatic carbocycles. The molecule has 0 saturated heterocycles. The van der Waals surface area contributed by atoms with E-state index in [9.17, 15) is 13.2 Å². The van der Waals surface area contributed by atoms with Crippen molar-refractivity contribution in [3.05, 3.63) is 0 Å². The summed E-state index contributed by atoms with van der Waals surface area (Å²) < 4.78 is 37.2. The van der Waals surface area contributed by atoms with E-state index in [0.29, 0.717) is 6.54 Å². The van der Waals surface area contributed by atoms with Crippen LogP contribution in [0.3, 0.4) is 0 Å². The zero-order valence-corrected chi connectivity index (χ0v) is 11.9. The highest BCUT2D eigenvalue weighted by Gasteiger charge is 2.32. The van der Waals surface area contributed by atoms with Crippen LogP contribution in [0.15, 0.2) is 0 Å². The van der Waals surface area contributed by atoms with Crippen LogP contribution >= 0.6 is 0 Å². The number of rotatable bonds is 8. The normalized spacial score (nSPS) is 16.3. The molecule has 0 fully saturated rings. The molecule has 0 bridgehead atoms. The summed E-state index contributed by atoms with van der Waals surface area (Å²) in [4.78, 5) is 1.50. The quantitative estimate of drug-likeness (QED) is 0.731. The van der Waals surface area contributed by atoms with Crippen molar-refractivity contribution in [1.82, 2.24) is 4.90 Å². The summed E-state index contributed by atoms with van der Waals surface area (Å²) in [7, 11) is 0. The van der Waals surface area contributed by atoms with Gasteiger partial charge in [0.05, 0.1) is 6.54 Å². The first kappa shape index (κ1) is 17.7. The highest BCUT2D eigenvalue weighted by Crippen LogP contribution is 2.20. The number of nitrogens with two attached hydrogens (primary N) is 1. The Bertz CT molecular complexity index is 215. The van der Waals surface area contributed by atoms with Crippen molar-refractivity contribution in [3.8, 4) is 0 Å². The second kappa shape index (κ2) is 8.00. The van der Waals surface area contributed by atoms with E-state index >= 15 is 0 Å². The monoisotopic (exact) mass is 268 g/mol. The fourth-order valence-electron chi connectivity index (χ4n) is 1.97. The van der Waals surface area contributed by atoms with Crippen LogP contribution in [0.25, 0.3) is 0 Å². The molecule has 2 nitrogen and oxygen atoms in total. The van der Waals surface area contributed by atoms with Gasteiger partial charge in [0.1, 0.15) is 0 Å². The SMILES string of the molecule is CC(N)CCCC(C)CN(CC(F)(F)F)C(C)C. The van der Waals surface area contributed by atoms with Gasteiger partial charge in [-0.25, -0.2) is 0 Å². The lowest BCUT2D eigenvalue weighted by atomic mass is 10.0. The number of alkyl halides is 3. The predicted molar refractivity (Wildman–Crippen MR) is 69.4 cm³/mol. The van der Waals surface area contributed by atoms with Crippen molar-refractivity contribution >= 4 is 0 Å². The minimum Gasteiger partial charge on any atom is -0.328 e. The molecule has 0 aromatic carbocycles. The van der Waals surface area contributed by atoms with E-state index in [1.807, 2.05) is 13.8 Å². The number of hydrogen-bond donors (Lipinski definition) is 1. The minimum atomic E-state index is -4.12. The molecule has 0 saturated carbocycles. The van der Waals surface area contributed by atoms with Crippen molar-refractivity contribution in [1.29, 1.82) is 0 Å². The van der Waals surface area contributed by atoms with Gasteiger partial charge < -0.3 is 5.73 Å². The molecule has 5 heteroatoms. The first-order chi connectivity index (χ1) is 8.11. The molecular weight excluding hydrogens is 241 g/mol. The van der Waals surface area contributed by atoms with Crippen molar-refractivity contribution < 1.29 is 13.2 Å².